The molecule has 4 aromatic rings. The molecule has 2 amide bonds. The zero-order valence-corrected chi connectivity index (χ0v) is 24.9. The molecule has 2 N–H and O–H groups in total. The van der Waals surface area contributed by atoms with Crippen molar-refractivity contribution in [2.24, 2.45) is 10.2 Å². The Morgan fingerprint density at radius 2 is 1.90 bits per heavy atom. The third-order valence-electron chi connectivity index (χ3n) is 5.77. The summed E-state index contributed by atoms with van der Waals surface area (Å²) >= 11 is 10.5. The second-order valence-corrected chi connectivity index (χ2v) is 11.2. The fourth-order valence-electron chi connectivity index (χ4n) is 3.76. The number of amides is 2. The average Bonchev–Trinajstić information content (AvgIpc) is 3.59. The highest BCUT2D eigenvalue weighted by Gasteiger charge is 2.34. The van der Waals surface area contributed by atoms with Gasteiger partial charge in [-0.05, 0) is 102 Å². The summed E-state index contributed by atoms with van der Waals surface area (Å²) in [5, 5.41) is 21.6. The van der Waals surface area contributed by atoms with Crippen LogP contribution < -0.4 is 10.1 Å². The number of benzene rings is 3. The van der Waals surface area contributed by atoms with Gasteiger partial charge in [-0.25, -0.2) is 0 Å². The Morgan fingerprint density at radius 3 is 2.64 bits per heavy atom. The zero-order chi connectivity index (χ0) is 29.5. The van der Waals surface area contributed by atoms with Crippen LogP contribution in [-0.2, 0) is 16.1 Å². The van der Waals surface area contributed by atoms with Crippen molar-refractivity contribution in [1.29, 1.82) is 0 Å². The Hall–Kier alpha value is -4.32. The predicted molar refractivity (Wildman–Crippen MR) is 168 cm³/mol. The van der Waals surface area contributed by atoms with Crippen LogP contribution in [0.15, 0.2) is 109 Å². The van der Waals surface area contributed by atoms with Gasteiger partial charge in [-0.2, -0.15) is 5.10 Å². The number of carbonyl (C=O) groups excluding carboxylic acids is 2. The van der Waals surface area contributed by atoms with Gasteiger partial charge in [0.1, 0.15) is 17.3 Å². The van der Waals surface area contributed by atoms with Gasteiger partial charge in [0.2, 0.25) is 0 Å². The van der Waals surface area contributed by atoms with Gasteiger partial charge in [-0.3, -0.25) is 14.5 Å². The van der Waals surface area contributed by atoms with Crippen molar-refractivity contribution in [2.45, 2.75) is 6.54 Å². The Bertz CT molecular complexity index is 1670. The van der Waals surface area contributed by atoms with Crippen molar-refractivity contribution in [3.8, 4) is 11.5 Å². The SMILES string of the molecule is O=C(COc1ccc(Br)cc1/C=C1\S/C(=N/N=C\c2ccc(O)cc2)N(Cc2ccco2)C1=O)Nc1ccc(Cl)cc1. The molecule has 1 fully saturated rings. The number of phenols is 1. The maximum Gasteiger partial charge on any atom is 0.267 e. The van der Waals surface area contributed by atoms with E-state index < -0.39 is 0 Å². The van der Waals surface area contributed by atoms with Crippen molar-refractivity contribution in [3.05, 3.63) is 116 Å². The van der Waals surface area contributed by atoms with Crippen LogP contribution >= 0.6 is 39.3 Å². The van der Waals surface area contributed by atoms with Crippen LogP contribution in [0.2, 0.25) is 5.02 Å². The number of ether oxygens (including phenoxy) is 1. The molecule has 1 saturated heterocycles. The third-order valence-corrected chi connectivity index (χ3v) is 7.51. The van der Waals surface area contributed by atoms with E-state index in [4.69, 9.17) is 20.8 Å². The molecule has 9 nitrogen and oxygen atoms in total. The Balaban J connectivity index is 1.36. The summed E-state index contributed by atoms with van der Waals surface area (Å²) in [6, 6.07) is 22.0. The first-order valence-corrected chi connectivity index (χ1v) is 14.4. The lowest BCUT2D eigenvalue weighted by atomic mass is 10.2. The number of halogens is 2. The summed E-state index contributed by atoms with van der Waals surface area (Å²) in [4.78, 5) is 27.9. The number of phenolic OH excluding ortho intramolecular Hbond substituents is 1. The van der Waals surface area contributed by atoms with E-state index in [9.17, 15) is 14.7 Å². The standard InChI is InChI=1S/C30H22BrClN4O5S/c31-21-5-12-26(41-18-28(38)34-23-8-6-22(32)7-9-23)20(14-21)15-27-29(39)36(17-25-2-1-13-40-25)30(42-27)35-33-16-19-3-10-24(37)11-4-19/h1-16,37H,17-18H2,(H,34,38)/b27-15-,33-16-,35-30+. The second-order valence-electron chi connectivity index (χ2n) is 8.83. The molecule has 0 radical (unpaired) electrons. The van der Waals surface area contributed by atoms with E-state index in [1.807, 2.05) is 0 Å². The molecule has 12 heteroatoms. The van der Waals surface area contributed by atoms with E-state index in [0.29, 0.717) is 37.9 Å². The minimum absolute atomic E-state index is 0.146. The lowest BCUT2D eigenvalue weighted by molar-refractivity contribution is -0.122. The van der Waals surface area contributed by atoms with Crippen molar-refractivity contribution < 1.29 is 23.8 Å². The number of nitrogens with one attached hydrogen (secondary N) is 1. The van der Waals surface area contributed by atoms with E-state index in [1.165, 1.54) is 17.4 Å². The number of aromatic hydroxyl groups is 1. The highest BCUT2D eigenvalue weighted by Crippen LogP contribution is 2.36. The van der Waals surface area contributed by atoms with Gasteiger partial charge in [-0.15, -0.1) is 5.10 Å². The molecule has 1 aliphatic rings. The second kappa shape index (κ2) is 13.6. The van der Waals surface area contributed by atoms with E-state index >= 15 is 0 Å². The molecule has 0 bridgehead atoms. The van der Waals surface area contributed by atoms with Crippen LogP contribution in [0.5, 0.6) is 11.5 Å². The molecule has 0 atom stereocenters. The molecule has 5 rings (SSSR count). The molecular weight excluding hydrogens is 644 g/mol. The molecular formula is C30H22BrClN4O5S. The van der Waals surface area contributed by atoms with Gasteiger partial charge in [-0.1, -0.05) is 27.5 Å². The fraction of sp³-hybridized carbons (Fsp3) is 0.0667. The largest absolute Gasteiger partial charge is 0.508 e. The summed E-state index contributed by atoms with van der Waals surface area (Å²) in [5.74, 6) is 0.502. The molecule has 42 heavy (non-hydrogen) atoms. The first-order valence-electron chi connectivity index (χ1n) is 12.5. The maximum atomic E-state index is 13.5. The summed E-state index contributed by atoms with van der Waals surface area (Å²) in [7, 11) is 0. The Labute approximate surface area is 258 Å². The maximum absolute atomic E-state index is 13.5. The molecule has 0 aliphatic carbocycles. The van der Waals surface area contributed by atoms with Crippen LogP contribution in [0.1, 0.15) is 16.9 Å². The number of rotatable bonds is 9. The fourth-order valence-corrected chi connectivity index (χ4v) is 5.19. The summed E-state index contributed by atoms with van der Waals surface area (Å²) in [6.07, 6.45) is 4.75. The van der Waals surface area contributed by atoms with Crippen LogP contribution in [0.3, 0.4) is 0 Å². The molecule has 2 heterocycles. The van der Waals surface area contributed by atoms with Crippen molar-refractivity contribution in [1.82, 2.24) is 4.90 Å². The van der Waals surface area contributed by atoms with Gasteiger partial charge in [0, 0.05) is 20.7 Å². The van der Waals surface area contributed by atoms with Crippen molar-refractivity contribution >= 4 is 74.3 Å². The van der Waals surface area contributed by atoms with Gasteiger partial charge in [0.05, 0.1) is 23.9 Å². The number of amidine groups is 1. The topological polar surface area (TPSA) is 117 Å². The monoisotopic (exact) mass is 664 g/mol. The first-order chi connectivity index (χ1) is 20.3. The highest BCUT2D eigenvalue weighted by molar-refractivity contribution is 9.10. The molecule has 0 saturated carbocycles. The Kier molecular flexibility index (Phi) is 9.42. The van der Waals surface area contributed by atoms with Crippen LogP contribution in [0.4, 0.5) is 5.69 Å². The van der Waals surface area contributed by atoms with Gasteiger partial charge >= 0.3 is 0 Å². The zero-order valence-electron chi connectivity index (χ0n) is 21.7. The summed E-state index contributed by atoms with van der Waals surface area (Å²) < 4.78 is 12.1. The molecule has 0 spiro atoms. The minimum Gasteiger partial charge on any atom is -0.508 e. The Morgan fingerprint density at radius 1 is 1.12 bits per heavy atom. The lowest BCUT2D eigenvalue weighted by Crippen LogP contribution is -2.28. The van der Waals surface area contributed by atoms with Crippen molar-refractivity contribution in [3.63, 3.8) is 0 Å². The van der Waals surface area contributed by atoms with E-state index in [-0.39, 0.29) is 30.7 Å². The predicted octanol–water partition coefficient (Wildman–Crippen LogP) is 6.93. The molecule has 1 aliphatic heterocycles. The number of furan rings is 1. The first kappa shape index (κ1) is 29.2. The number of carbonyl (C=O) groups is 2. The molecule has 0 unspecified atom stereocenters. The molecule has 3 aromatic carbocycles. The number of anilines is 1. The van der Waals surface area contributed by atoms with Crippen molar-refractivity contribution in [2.75, 3.05) is 11.9 Å². The number of hydrogen-bond donors (Lipinski definition) is 2. The molecule has 1 aromatic heterocycles. The quantitative estimate of drug-likeness (QED) is 0.114. The third kappa shape index (κ3) is 7.69. The minimum atomic E-state index is -0.351. The summed E-state index contributed by atoms with van der Waals surface area (Å²) in [5.41, 5.74) is 1.91. The lowest BCUT2D eigenvalue weighted by Gasteiger charge is -2.13. The van der Waals surface area contributed by atoms with Crippen LogP contribution in [0.25, 0.3) is 6.08 Å². The van der Waals surface area contributed by atoms with E-state index in [2.05, 4.69) is 31.4 Å². The normalized spacial score (nSPS) is 15.2. The van der Waals surface area contributed by atoms with E-state index in [1.54, 1.807) is 84.9 Å². The van der Waals surface area contributed by atoms with Gasteiger partial charge < -0.3 is 19.6 Å². The van der Waals surface area contributed by atoms with Crippen LogP contribution in [0, 0.1) is 0 Å². The number of nitrogens with zero attached hydrogens (tertiary/aromatic N) is 3. The van der Waals surface area contributed by atoms with Crippen LogP contribution in [-0.4, -0.2) is 39.8 Å². The van der Waals surface area contributed by atoms with Gasteiger partial charge in [0.15, 0.2) is 11.8 Å². The van der Waals surface area contributed by atoms with Gasteiger partial charge in [0.25, 0.3) is 11.8 Å². The molecule has 212 valence electrons. The summed E-state index contributed by atoms with van der Waals surface area (Å²) in [6.45, 7) is -0.0821. The van der Waals surface area contributed by atoms with E-state index in [0.717, 1.165) is 21.8 Å². The smallest absolute Gasteiger partial charge is 0.267 e. The number of hydrogen-bond acceptors (Lipinski definition) is 8. The number of thioether (sulfide) groups is 1. The highest BCUT2D eigenvalue weighted by atomic mass is 79.9. The average molecular weight is 666 g/mol.